The zero-order chi connectivity index (χ0) is 11.6. The normalized spacial score (nSPS) is 24.5. The highest BCUT2D eigenvalue weighted by molar-refractivity contribution is 6.64. The molecule has 2 atom stereocenters. The van der Waals surface area contributed by atoms with Crippen LogP contribution in [0.4, 0.5) is 0 Å². The van der Waals surface area contributed by atoms with Crippen LogP contribution in [0.1, 0.15) is 13.3 Å². The number of ether oxygens (including phenoxy) is 2. The first kappa shape index (κ1) is 11.7. The van der Waals surface area contributed by atoms with Crippen LogP contribution < -0.4 is 0 Å². The molecule has 0 bridgehead atoms. The van der Waals surface area contributed by atoms with Crippen LogP contribution >= 0.6 is 11.6 Å². The maximum absolute atomic E-state index is 11.1. The van der Waals surface area contributed by atoms with E-state index < -0.39 is 29.4 Å². The highest BCUT2D eigenvalue weighted by Crippen LogP contribution is 2.20. The summed E-state index contributed by atoms with van der Waals surface area (Å²) in [6.07, 6.45) is -2.14. The van der Waals surface area contributed by atoms with Gasteiger partial charge in [-0.1, -0.05) is 6.58 Å². The van der Waals surface area contributed by atoms with Crippen LogP contribution in [0.25, 0.3) is 0 Å². The summed E-state index contributed by atoms with van der Waals surface area (Å²) in [6.45, 7) is 4.81. The van der Waals surface area contributed by atoms with E-state index in [4.69, 9.17) is 16.3 Å². The van der Waals surface area contributed by atoms with Crippen LogP contribution in [0, 0.1) is 0 Å². The summed E-state index contributed by atoms with van der Waals surface area (Å²) in [5.41, 5.74) is 0.170. The lowest BCUT2D eigenvalue weighted by Gasteiger charge is -2.06. The second-order valence-corrected chi connectivity index (χ2v) is 3.51. The highest BCUT2D eigenvalue weighted by atomic mass is 35.5. The molecule has 1 fully saturated rings. The van der Waals surface area contributed by atoms with Crippen LogP contribution in [0.15, 0.2) is 12.2 Å². The molecular formula is C9H9ClO5. The molecule has 82 valence electrons. The van der Waals surface area contributed by atoms with Crippen molar-refractivity contribution >= 4 is 28.8 Å². The number of hydrogen-bond acceptors (Lipinski definition) is 5. The van der Waals surface area contributed by atoms with Gasteiger partial charge in [0.2, 0.25) is 6.10 Å². The molecule has 5 nitrogen and oxygen atoms in total. The molecule has 1 aliphatic heterocycles. The molecule has 0 aromatic heterocycles. The van der Waals surface area contributed by atoms with Gasteiger partial charge in [-0.3, -0.25) is 4.79 Å². The van der Waals surface area contributed by atoms with Crippen LogP contribution in [0.2, 0.25) is 0 Å². The molecule has 0 aliphatic carbocycles. The molecule has 0 amide bonds. The predicted octanol–water partition coefficient (Wildman–Crippen LogP) is 0.555. The molecular weight excluding hydrogens is 224 g/mol. The molecule has 0 radical (unpaired) electrons. The number of halogens is 1. The monoisotopic (exact) mass is 232 g/mol. The van der Waals surface area contributed by atoms with Gasteiger partial charge in [-0.2, -0.15) is 0 Å². The molecule has 0 saturated carbocycles. The van der Waals surface area contributed by atoms with E-state index in [1.807, 2.05) is 0 Å². The number of rotatable bonds is 3. The lowest BCUT2D eigenvalue weighted by atomic mass is 10.2. The van der Waals surface area contributed by atoms with Gasteiger partial charge in [0.25, 0.3) is 5.24 Å². The lowest BCUT2D eigenvalue weighted by Crippen LogP contribution is -2.22. The molecule has 0 spiro atoms. The van der Waals surface area contributed by atoms with E-state index in [1.165, 1.54) is 6.92 Å². The molecule has 2 unspecified atom stereocenters. The van der Waals surface area contributed by atoms with Crippen LogP contribution in [0.5, 0.6) is 0 Å². The maximum atomic E-state index is 11.1. The summed E-state index contributed by atoms with van der Waals surface area (Å²) in [5.74, 6) is -1.46. The van der Waals surface area contributed by atoms with Crippen molar-refractivity contribution in [3.63, 3.8) is 0 Å². The molecule has 0 N–H and O–H groups in total. The Bertz CT molecular complexity index is 335. The van der Waals surface area contributed by atoms with Gasteiger partial charge in [0, 0.05) is 12.0 Å². The standard InChI is InChI=1S/C9H9ClO5/c1-4(2)8(12)15-6-3-5(7(10)11)14-9(6)13/h5-6H,1,3H2,2H3. The Morgan fingerprint density at radius 1 is 1.60 bits per heavy atom. The van der Waals surface area contributed by atoms with Crippen molar-refractivity contribution < 1.29 is 23.9 Å². The molecule has 6 heteroatoms. The van der Waals surface area contributed by atoms with Crippen molar-refractivity contribution in [3.05, 3.63) is 12.2 Å². The minimum absolute atomic E-state index is 0.0415. The average Bonchev–Trinajstić information content (AvgIpc) is 2.47. The van der Waals surface area contributed by atoms with Gasteiger partial charge in [-0.25, -0.2) is 9.59 Å². The fourth-order valence-electron chi connectivity index (χ4n) is 1.02. The van der Waals surface area contributed by atoms with Gasteiger partial charge >= 0.3 is 11.9 Å². The lowest BCUT2D eigenvalue weighted by molar-refractivity contribution is -0.158. The Labute approximate surface area is 91.0 Å². The van der Waals surface area contributed by atoms with Gasteiger partial charge in [-0.05, 0) is 18.5 Å². The van der Waals surface area contributed by atoms with Crippen LogP contribution in [-0.2, 0) is 23.9 Å². The summed E-state index contributed by atoms with van der Waals surface area (Å²) < 4.78 is 9.33. The summed E-state index contributed by atoms with van der Waals surface area (Å²) >= 11 is 5.14. The minimum Gasteiger partial charge on any atom is -0.450 e. The first-order chi connectivity index (χ1) is 6.91. The number of esters is 2. The largest absolute Gasteiger partial charge is 0.450 e. The molecule has 0 aromatic rings. The Balaban J connectivity index is 2.58. The third kappa shape index (κ3) is 2.79. The van der Waals surface area contributed by atoms with Crippen LogP contribution in [-0.4, -0.2) is 29.4 Å². The molecule has 0 aromatic carbocycles. The predicted molar refractivity (Wildman–Crippen MR) is 50.1 cm³/mol. The Morgan fingerprint density at radius 2 is 2.20 bits per heavy atom. The summed E-state index contributed by atoms with van der Waals surface area (Å²) in [6, 6.07) is 0. The van der Waals surface area contributed by atoms with Crippen molar-refractivity contribution in [2.75, 3.05) is 0 Å². The van der Waals surface area contributed by atoms with Gasteiger partial charge in [0.1, 0.15) is 0 Å². The van der Waals surface area contributed by atoms with Crippen molar-refractivity contribution in [3.8, 4) is 0 Å². The van der Waals surface area contributed by atoms with Gasteiger partial charge in [0.15, 0.2) is 6.10 Å². The first-order valence-corrected chi connectivity index (χ1v) is 4.56. The summed E-state index contributed by atoms with van der Waals surface area (Å²) in [5, 5.41) is -0.780. The van der Waals surface area contributed by atoms with E-state index in [1.54, 1.807) is 0 Å². The zero-order valence-electron chi connectivity index (χ0n) is 7.99. The minimum atomic E-state index is -1.07. The van der Waals surface area contributed by atoms with E-state index in [9.17, 15) is 14.4 Å². The summed E-state index contributed by atoms with van der Waals surface area (Å²) in [7, 11) is 0. The van der Waals surface area contributed by atoms with Gasteiger partial charge < -0.3 is 9.47 Å². The smallest absolute Gasteiger partial charge is 0.348 e. The SMILES string of the molecule is C=C(C)C(=O)OC1CC(C(=O)Cl)OC1=O. The fraction of sp³-hybridized carbons (Fsp3) is 0.444. The van der Waals surface area contributed by atoms with E-state index in [0.717, 1.165) is 0 Å². The molecule has 15 heavy (non-hydrogen) atoms. The third-order valence-electron chi connectivity index (χ3n) is 1.80. The topological polar surface area (TPSA) is 69.7 Å². The van der Waals surface area contributed by atoms with Crippen molar-refractivity contribution in [1.29, 1.82) is 0 Å². The number of carbonyl (C=O) groups excluding carboxylic acids is 3. The van der Waals surface area contributed by atoms with Crippen molar-refractivity contribution in [2.24, 2.45) is 0 Å². The van der Waals surface area contributed by atoms with Gasteiger partial charge in [0.05, 0.1) is 0 Å². The average molecular weight is 233 g/mol. The van der Waals surface area contributed by atoms with Crippen LogP contribution in [0.3, 0.4) is 0 Å². The Hall–Kier alpha value is -1.36. The van der Waals surface area contributed by atoms with E-state index in [-0.39, 0.29) is 12.0 Å². The molecule has 1 rings (SSSR count). The Morgan fingerprint density at radius 3 is 2.60 bits per heavy atom. The zero-order valence-corrected chi connectivity index (χ0v) is 8.74. The quantitative estimate of drug-likeness (QED) is 0.404. The Kier molecular flexibility index (Phi) is 3.47. The fourth-order valence-corrected chi connectivity index (χ4v) is 1.15. The van der Waals surface area contributed by atoms with E-state index in [2.05, 4.69) is 11.3 Å². The van der Waals surface area contributed by atoms with Gasteiger partial charge in [-0.15, -0.1) is 0 Å². The van der Waals surface area contributed by atoms with E-state index in [0.29, 0.717) is 0 Å². The molecule has 1 saturated heterocycles. The highest BCUT2D eigenvalue weighted by Gasteiger charge is 2.40. The molecule has 1 aliphatic rings. The number of carbonyl (C=O) groups is 3. The van der Waals surface area contributed by atoms with E-state index >= 15 is 0 Å². The second kappa shape index (κ2) is 4.44. The maximum Gasteiger partial charge on any atom is 0.348 e. The first-order valence-electron chi connectivity index (χ1n) is 4.18. The number of cyclic esters (lactones) is 1. The van der Waals surface area contributed by atoms with Crippen molar-refractivity contribution in [1.82, 2.24) is 0 Å². The third-order valence-corrected chi connectivity index (χ3v) is 2.04. The van der Waals surface area contributed by atoms with Crippen molar-refractivity contribution in [2.45, 2.75) is 25.6 Å². The number of hydrogen-bond donors (Lipinski definition) is 0. The summed E-state index contributed by atoms with van der Waals surface area (Å²) in [4.78, 5) is 32.9. The second-order valence-electron chi connectivity index (χ2n) is 3.14. The molecule has 1 heterocycles.